The van der Waals surface area contributed by atoms with E-state index in [2.05, 4.69) is 0 Å². The van der Waals surface area contributed by atoms with Crippen LogP contribution in [0.25, 0.3) is 6.08 Å². The molecule has 0 heterocycles. The van der Waals surface area contributed by atoms with Crippen LogP contribution in [0.15, 0.2) is 30.5 Å². The fraction of sp³-hybridized carbons (Fsp3) is 0. The predicted molar refractivity (Wildman–Crippen MR) is 49.4 cm³/mol. The van der Waals surface area contributed by atoms with Crippen molar-refractivity contribution in [2.75, 3.05) is 0 Å². The molecule has 0 atom stereocenters. The first-order valence-corrected chi connectivity index (χ1v) is 3.75. The average Bonchev–Trinajstić information content (AvgIpc) is 2.15. The van der Waals surface area contributed by atoms with E-state index < -0.39 is 10.9 Å². The molecule has 14 heavy (non-hydrogen) atoms. The van der Waals surface area contributed by atoms with Crippen molar-refractivity contribution in [1.82, 2.24) is 0 Å². The molecule has 0 aromatic heterocycles. The van der Waals surface area contributed by atoms with Crippen LogP contribution in [0.5, 0.6) is 0 Å². The Balaban J connectivity index is 3.07. The SMILES string of the molecule is O=C(O)c1ccccc1C=C[N+](=O)[O-]. The number of aromatic carboxylic acids is 1. The maximum Gasteiger partial charge on any atom is 0.336 e. The van der Waals surface area contributed by atoms with Gasteiger partial charge in [-0.1, -0.05) is 18.2 Å². The van der Waals surface area contributed by atoms with Gasteiger partial charge in [-0.25, -0.2) is 4.79 Å². The van der Waals surface area contributed by atoms with E-state index in [1.165, 1.54) is 12.1 Å². The Labute approximate surface area is 79.4 Å². The van der Waals surface area contributed by atoms with Crippen LogP contribution < -0.4 is 0 Å². The summed E-state index contributed by atoms with van der Waals surface area (Å²) in [5.74, 6) is -1.10. The van der Waals surface area contributed by atoms with Gasteiger partial charge >= 0.3 is 5.97 Å². The molecule has 0 unspecified atom stereocenters. The number of benzene rings is 1. The average molecular weight is 193 g/mol. The van der Waals surface area contributed by atoms with Gasteiger partial charge in [0.15, 0.2) is 0 Å². The molecule has 0 aliphatic carbocycles. The van der Waals surface area contributed by atoms with Crippen LogP contribution in [0, 0.1) is 10.1 Å². The first kappa shape index (κ1) is 9.91. The molecule has 0 fully saturated rings. The summed E-state index contributed by atoms with van der Waals surface area (Å²) >= 11 is 0. The van der Waals surface area contributed by atoms with Gasteiger partial charge < -0.3 is 5.11 Å². The van der Waals surface area contributed by atoms with E-state index in [4.69, 9.17) is 5.11 Å². The van der Waals surface area contributed by atoms with E-state index in [1.54, 1.807) is 12.1 Å². The molecule has 1 aromatic carbocycles. The summed E-state index contributed by atoms with van der Waals surface area (Å²) in [6.07, 6.45) is 1.87. The van der Waals surface area contributed by atoms with Crippen LogP contribution in [-0.2, 0) is 0 Å². The van der Waals surface area contributed by atoms with Crippen LogP contribution in [-0.4, -0.2) is 16.0 Å². The van der Waals surface area contributed by atoms with E-state index in [0.29, 0.717) is 11.8 Å². The Kier molecular flexibility index (Phi) is 2.96. The minimum absolute atomic E-state index is 0.0469. The van der Waals surface area contributed by atoms with Crippen LogP contribution in [0.4, 0.5) is 0 Å². The molecule has 1 rings (SSSR count). The minimum Gasteiger partial charge on any atom is -0.478 e. The summed E-state index contributed by atoms with van der Waals surface area (Å²) in [6.45, 7) is 0. The molecule has 72 valence electrons. The van der Waals surface area contributed by atoms with E-state index in [0.717, 1.165) is 6.08 Å². The minimum atomic E-state index is -1.10. The molecule has 5 nitrogen and oxygen atoms in total. The second-order valence-corrected chi connectivity index (χ2v) is 2.49. The van der Waals surface area contributed by atoms with Crippen molar-refractivity contribution in [1.29, 1.82) is 0 Å². The number of carboxylic acids is 1. The first-order chi connectivity index (χ1) is 6.61. The molecule has 0 aliphatic rings. The number of hydrogen-bond donors (Lipinski definition) is 1. The van der Waals surface area contributed by atoms with Gasteiger partial charge in [-0.2, -0.15) is 0 Å². The molecule has 0 bridgehead atoms. The molecule has 0 amide bonds. The highest BCUT2D eigenvalue weighted by Crippen LogP contribution is 2.10. The van der Waals surface area contributed by atoms with E-state index >= 15 is 0 Å². The van der Waals surface area contributed by atoms with Crippen molar-refractivity contribution in [3.05, 3.63) is 51.7 Å². The second-order valence-electron chi connectivity index (χ2n) is 2.49. The lowest BCUT2D eigenvalue weighted by Crippen LogP contribution is -1.98. The number of nitro groups is 1. The van der Waals surface area contributed by atoms with Gasteiger partial charge in [-0.15, -0.1) is 0 Å². The first-order valence-electron chi connectivity index (χ1n) is 3.75. The molecule has 0 spiro atoms. The highest BCUT2D eigenvalue weighted by Gasteiger charge is 2.06. The summed E-state index contributed by atoms with van der Waals surface area (Å²) in [7, 11) is 0. The Morgan fingerprint density at radius 3 is 2.64 bits per heavy atom. The second kappa shape index (κ2) is 4.18. The van der Waals surface area contributed by atoms with Crippen LogP contribution in [0.2, 0.25) is 0 Å². The Hall–Kier alpha value is -2.17. The van der Waals surface area contributed by atoms with Crippen molar-refractivity contribution in [3.8, 4) is 0 Å². The lowest BCUT2D eigenvalue weighted by molar-refractivity contribution is -0.400. The fourth-order valence-corrected chi connectivity index (χ4v) is 0.978. The molecule has 0 saturated carbocycles. The molecule has 0 aliphatic heterocycles. The third kappa shape index (κ3) is 2.41. The van der Waals surface area contributed by atoms with Crippen molar-refractivity contribution in [2.45, 2.75) is 0 Å². The van der Waals surface area contributed by atoms with Crippen molar-refractivity contribution in [2.24, 2.45) is 0 Å². The Bertz CT molecular complexity index is 398. The van der Waals surface area contributed by atoms with Gasteiger partial charge in [-0.3, -0.25) is 10.1 Å². The van der Waals surface area contributed by atoms with Gasteiger partial charge in [0.25, 0.3) is 0 Å². The number of carboxylic acid groups (broad SMARTS) is 1. The molecular formula is C9H7NO4. The number of hydrogen-bond acceptors (Lipinski definition) is 3. The van der Waals surface area contributed by atoms with Gasteiger partial charge in [0, 0.05) is 6.08 Å². The highest BCUT2D eigenvalue weighted by atomic mass is 16.6. The topological polar surface area (TPSA) is 80.4 Å². The molecular weight excluding hydrogens is 186 g/mol. The van der Waals surface area contributed by atoms with Crippen LogP contribution in [0.1, 0.15) is 15.9 Å². The lowest BCUT2D eigenvalue weighted by Gasteiger charge is -1.97. The summed E-state index contributed by atoms with van der Waals surface area (Å²) in [5.41, 5.74) is 0.363. The Morgan fingerprint density at radius 2 is 2.07 bits per heavy atom. The number of nitrogens with zero attached hydrogens (tertiary/aromatic N) is 1. The third-order valence-corrected chi connectivity index (χ3v) is 1.57. The summed E-state index contributed by atoms with van der Waals surface area (Å²) in [6, 6.07) is 6.07. The standard InChI is InChI=1S/C9H7NO4/c11-9(12)8-4-2-1-3-7(8)5-6-10(13)14/h1-6H,(H,11,12). The van der Waals surface area contributed by atoms with Crippen LogP contribution >= 0.6 is 0 Å². The predicted octanol–water partition coefficient (Wildman–Crippen LogP) is 1.63. The van der Waals surface area contributed by atoms with E-state index in [-0.39, 0.29) is 5.56 Å². The van der Waals surface area contributed by atoms with Gasteiger partial charge in [0.05, 0.1) is 10.5 Å². The smallest absolute Gasteiger partial charge is 0.336 e. The molecule has 0 radical (unpaired) electrons. The molecule has 1 aromatic rings. The van der Waals surface area contributed by atoms with E-state index in [1.807, 2.05) is 0 Å². The third-order valence-electron chi connectivity index (χ3n) is 1.57. The largest absolute Gasteiger partial charge is 0.478 e. The Morgan fingerprint density at radius 1 is 1.43 bits per heavy atom. The number of rotatable bonds is 3. The zero-order chi connectivity index (χ0) is 10.6. The lowest BCUT2D eigenvalue weighted by atomic mass is 10.1. The fourth-order valence-electron chi connectivity index (χ4n) is 0.978. The zero-order valence-corrected chi connectivity index (χ0v) is 7.08. The van der Waals surface area contributed by atoms with E-state index in [9.17, 15) is 14.9 Å². The van der Waals surface area contributed by atoms with Gasteiger partial charge in [0.1, 0.15) is 0 Å². The number of carbonyl (C=O) groups is 1. The monoisotopic (exact) mass is 193 g/mol. The molecule has 0 saturated heterocycles. The summed E-state index contributed by atoms with van der Waals surface area (Å²) in [4.78, 5) is 20.0. The molecule has 1 N–H and O–H groups in total. The normalized spacial score (nSPS) is 10.3. The maximum absolute atomic E-state index is 10.7. The van der Waals surface area contributed by atoms with Crippen molar-refractivity contribution in [3.63, 3.8) is 0 Å². The zero-order valence-electron chi connectivity index (χ0n) is 7.08. The quantitative estimate of drug-likeness (QED) is 0.584. The maximum atomic E-state index is 10.7. The highest BCUT2D eigenvalue weighted by molar-refractivity contribution is 5.91. The molecule has 5 heteroatoms. The van der Waals surface area contributed by atoms with Crippen LogP contribution in [0.3, 0.4) is 0 Å². The van der Waals surface area contributed by atoms with Gasteiger partial charge in [0.2, 0.25) is 6.20 Å². The summed E-state index contributed by atoms with van der Waals surface area (Å²) < 4.78 is 0. The van der Waals surface area contributed by atoms with Crippen molar-refractivity contribution >= 4 is 12.0 Å². The summed E-state index contributed by atoms with van der Waals surface area (Å²) in [5, 5.41) is 18.8. The van der Waals surface area contributed by atoms with Crippen molar-refractivity contribution < 1.29 is 14.8 Å². The van der Waals surface area contributed by atoms with Gasteiger partial charge in [-0.05, 0) is 11.6 Å².